The molecule has 0 aromatic carbocycles. The molecule has 2 unspecified atom stereocenters. The van der Waals surface area contributed by atoms with Gasteiger partial charge < -0.3 is 10.2 Å². The Bertz CT molecular complexity index is 275. The summed E-state index contributed by atoms with van der Waals surface area (Å²) in [6, 6.07) is 0. The number of aliphatic carboxylic acids is 1. The lowest BCUT2D eigenvalue weighted by molar-refractivity contribution is -0.159. The van der Waals surface area contributed by atoms with Crippen LogP contribution in [0.15, 0.2) is 0 Å². The molecule has 1 fully saturated rings. The summed E-state index contributed by atoms with van der Waals surface area (Å²) >= 11 is 0. The van der Waals surface area contributed by atoms with Crippen LogP contribution in [-0.4, -0.2) is 52.1 Å². The molecule has 0 aromatic rings. The molecule has 1 heterocycles. The van der Waals surface area contributed by atoms with Crippen molar-refractivity contribution in [2.75, 3.05) is 19.6 Å². The molecule has 2 N–H and O–H groups in total. The monoisotopic (exact) mass is 215 g/mol. The number of aliphatic hydroxyl groups is 1. The highest BCUT2D eigenvalue weighted by molar-refractivity contribution is 5.82. The molecular formula is C10H17NO4. The van der Waals surface area contributed by atoms with Crippen molar-refractivity contribution in [1.82, 2.24) is 4.90 Å². The molecule has 0 spiro atoms. The van der Waals surface area contributed by atoms with Gasteiger partial charge in [-0.05, 0) is 6.92 Å². The maximum Gasteiger partial charge on any atom is 0.336 e. The number of β-amino-alcohol motifs (C(OH)–C–C–N with tert-alkyl or cyclic N) is 1. The summed E-state index contributed by atoms with van der Waals surface area (Å²) < 4.78 is 0. The third kappa shape index (κ3) is 3.00. The summed E-state index contributed by atoms with van der Waals surface area (Å²) in [5.41, 5.74) is -1.74. The lowest BCUT2D eigenvalue weighted by Crippen LogP contribution is -2.50. The third-order valence-electron chi connectivity index (χ3n) is 2.75. The summed E-state index contributed by atoms with van der Waals surface area (Å²) in [5, 5.41) is 18.3. The van der Waals surface area contributed by atoms with Crippen molar-refractivity contribution in [1.29, 1.82) is 0 Å². The molecule has 2 atom stereocenters. The second-order valence-corrected chi connectivity index (χ2v) is 4.43. The van der Waals surface area contributed by atoms with Crippen molar-refractivity contribution in [2.45, 2.75) is 25.9 Å². The Labute approximate surface area is 88.7 Å². The van der Waals surface area contributed by atoms with E-state index in [0.717, 1.165) is 0 Å². The maximum absolute atomic E-state index is 11.2. The minimum atomic E-state index is -1.74. The van der Waals surface area contributed by atoms with Crippen molar-refractivity contribution in [3.8, 4) is 0 Å². The summed E-state index contributed by atoms with van der Waals surface area (Å²) in [7, 11) is 0. The number of ketones is 1. The fraction of sp³-hybridized carbons (Fsp3) is 0.800. The molecule has 0 amide bonds. The fourth-order valence-corrected chi connectivity index (χ4v) is 1.74. The van der Waals surface area contributed by atoms with Crippen LogP contribution in [0, 0.1) is 5.92 Å². The van der Waals surface area contributed by atoms with Gasteiger partial charge in [0.05, 0.1) is 0 Å². The number of carboxylic acids is 1. The van der Waals surface area contributed by atoms with Gasteiger partial charge in [-0.3, -0.25) is 9.69 Å². The minimum absolute atomic E-state index is 0.0663. The number of carboxylic acid groups (broad SMARTS) is 1. The number of Topliss-reactive ketones (excluding diaryl/α,β-unsaturated/α-hetero) is 1. The Morgan fingerprint density at radius 1 is 1.67 bits per heavy atom. The molecule has 0 bridgehead atoms. The van der Waals surface area contributed by atoms with Crippen LogP contribution < -0.4 is 0 Å². The number of nitrogens with zero attached hydrogens (tertiary/aromatic N) is 1. The third-order valence-corrected chi connectivity index (χ3v) is 2.75. The molecule has 1 rings (SSSR count). The second-order valence-electron chi connectivity index (χ2n) is 4.43. The average molecular weight is 215 g/mol. The van der Waals surface area contributed by atoms with Gasteiger partial charge in [-0.1, -0.05) is 6.92 Å². The molecule has 86 valence electrons. The van der Waals surface area contributed by atoms with E-state index in [1.807, 2.05) is 11.8 Å². The van der Waals surface area contributed by atoms with Gasteiger partial charge in [0, 0.05) is 32.0 Å². The smallest absolute Gasteiger partial charge is 0.336 e. The Morgan fingerprint density at radius 2 is 2.27 bits per heavy atom. The molecule has 5 nitrogen and oxygen atoms in total. The summed E-state index contributed by atoms with van der Waals surface area (Å²) in [6.45, 7) is 4.23. The van der Waals surface area contributed by atoms with Gasteiger partial charge in [0.15, 0.2) is 5.60 Å². The molecular weight excluding hydrogens is 198 g/mol. The summed E-state index contributed by atoms with van der Waals surface area (Å²) in [5.74, 6) is -1.09. The van der Waals surface area contributed by atoms with E-state index < -0.39 is 11.6 Å². The first-order chi connectivity index (χ1) is 6.83. The molecule has 0 saturated carbocycles. The first kappa shape index (κ1) is 12.1. The first-order valence-electron chi connectivity index (χ1n) is 5.04. The first-order valence-corrected chi connectivity index (χ1v) is 5.04. The van der Waals surface area contributed by atoms with Crippen LogP contribution in [0.2, 0.25) is 0 Å². The average Bonchev–Trinajstić information content (AvgIpc) is 2.10. The van der Waals surface area contributed by atoms with Crippen LogP contribution in [0.4, 0.5) is 0 Å². The lowest BCUT2D eigenvalue weighted by Gasteiger charge is -2.33. The second kappa shape index (κ2) is 4.28. The topological polar surface area (TPSA) is 77.8 Å². The zero-order valence-corrected chi connectivity index (χ0v) is 9.06. The largest absolute Gasteiger partial charge is 0.479 e. The van der Waals surface area contributed by atoms with E-state index in [1.165, 1.54) is 6.92 Å². The molecule has 0 radical (unpaired) electrons. The van der Waals surface area contributed by atoms with Crippen LogP contribution in [-0.2, 0) is 9.59 Å². The summed E-state index contributed by atoms with van der Waals surface area (Å²) in [6.07, 6.45) is 0.441. The van der Waals surface area contributed by atoms with Crippen molar-refractivity contribution in [3.63, 3.8) is 0 Å². The standard InChI is InChI=1S/C10H17NO4/c1-7-5-11(4-3-8(7)12)6-10(2,15)9(13)14/h7,15H,3-6H2,1-2H3,(H,13,14). The molecule has 5 heteroatoms. The zero-order valence-electron chi connectivity index (χ0n) is 9.06. The number of hydrogen-bond acceptors (Lipinski definition) is 4. The predicted molar refractivity (Wildman–Crippen MR) is 53.5 cm³/mol. The minimum Gasteiger partial charge on any atom is -0.479 e. The van der Waals surface area contributed by atoms with Crippen LogP contribution in [0.25, 0.3) is 0 Å². The molecule has 1 saturated heterocycles. The molecule has 0 aromatic heterocycles. The van der Waals surface area contributed by atoms with Gasteiger partial charge in [-0.15, -0.1) is 0 Å². The van der Waals surface area contributed by atoms with Gasteiger partial charge in [0.2, 0.25) is 0 Å². The molecule has 1 aliphatic rings. The van der Waals surface area contributed by atoms with E-state index in [4.69, 9.17) is 5.11 Å². The van der Waals surface area contributed by atoms with E-state index >= 15 is 0 Å². The number of hydrogen-bond donors (Lipinski definition) is 2. The Hall–Kier alpha value is -0.940. The van der Waals surface area contributed by atoms with Gasteiger partial charge in [0.25, 0.3) is 0 Å². The zero-order chi connectivity index (χ0) is 11.6. The van der Waals surface area contributed by atoms with Gasteiger partial charge in [0.1, 0.15) is 5.78 Å². The van der Waals surface area contributed by atoms with E-state index in [0.29, 0.717) is 19.5 Å². The van der Waals surface area contributed by atoms with Crippen LogP contribution in [0.1, 0.15) is 20.3 Å². The van der Waals surface area contributed by atoms with E-state index in [9.17, 15) is 14.7 Å². The Balaban J connectivity index is 2.53. The number of carbonyl (C=O) groups excluding carboxylic acids is 1. The number of piperidine rings is 1. The van der Waals surface area contributed by atoms with Crippen LogP contribution in [0.3, 0.4) is 0 Å². The fourth-order valence-electron chi connectivity index (χ4n) is 1.74. The number of rotatable bonds is 3. The van der Waals surface area contributed by atoms with E-state index in [2.05, 4.69) is 0 Å². The van der Waals surface area contributed by atoms with Crippen LogP contribution >= 0.6 is 0 Å². The van der Waals surface area contributed by atoms with Crippen molar-refractivity contribution >= 4 is 11.8 Å². The Kier molecular flexibility index (Phi) is 3.46. The molecule has 0 aliphatic carbocycles. The highest BCUT2D eigenvalue weighted by Gasteiger charge is 2.34. The van der Waals surface area contributed by atoms with Crippen molar-refractivity contribution in [2.24, 2.45) is 5.92 Å². The van der Waals surface area contributed by atoms with Gasteiger partial charge in [-0.25, -0.2) is 4.79 Å². The van der Waals surface area contributed by atoms with Crippen molar-refractivity contribution < 1.29 is 19.8 Å². The summed E-state index contributed by atoms with van der Waals surface area (Å²) in [4.78, 5) is 23.8. The highest BCUT2D eigenvalue weighted by atomic mass is 16.4. The predicted octanol–water partition coefficient (Wildman–Crippen LogP) is -0.267. The van der Waals surface area contributed by atoms with Crippen LogP contribution in [0.5, 0.6) is 0 Å². The van der Waals surface area contributed by atoms with Gasteiger partial charge >= 0.3 is 5.97 Å². The normalized spacial score (nSPS) is 27.4. The van der Waals surface area contributed by atoms with E-state index in [-0.39, 0.29) is 18.2 Å². The highest BCUT2D eigenvalue weighted by Crippen LogP contribution is 2.15. The van der Waals surface area contributed by atoms with E-state index in [1.54, 1.807) is 0 Å². The number of carbonyl (C=O) groups is 2. The quantitative estimate of drug-likeness (QED) is 0.677. The molecule has 1 aliphatic heterocycles. The van der Waals surface area contributed by atoms with Gasteiger partial charge in [-0.2, -0.15) is 0 Å². The Morgan fingerprint density at radius 3 is 2.73 bits per heavy atom. The molecule has 15 heavy (non-hydrogen) atoms. The maximum atomic E-state index is 11.2. The SMILES string of the molecule is CC1CN(CC(C)(O)C(=O)O)CCC1=O. The lowest BCUT2D eigenvalue weighted by atomic mass is 9.96. The van der Waals surface area contributed by atoms with Crippen molar-refractivity contribution in [3.05, 3.63) is 0 Å². The number of likely N-dealkylation sites (tertiary alicyclic amines) is 1.